The fourth-order valence-corrected chi connectivity index (χ4v) is 9.18. The van der Waals surface area contributed by atoms with E-state index in [0.29, 0.717) is 22.5 Å². The van der Waals surface area contributed by atoms with E-state index in [1.54, 1.807) is 5.57 Å². The van der Waals surface area contributed by atoms with E-state index >= 15 is 0 Å². The van der Waals surface area contributed by atoms with E-state index in [1.807, 2.05) is 0 Å². The second-order valence-electron chi connectivity index (χ2n) is 13.3. The SMILES string of the molecule is Cc1c2c(cc3oc(=O)oc13)[C@]1(C)CC[C@@]3(C)[C@@H]4C[C@](C)(C#N)CC[C@]4(C)CC[C@]3(C)C1=CC2. The van der Waals surface area contributed by atoms with E-state index in [9.17, 15) is 10.1 Å². The molecule has 34 heavy (non-hydrogen) atoms. The van der Waals surface area contributed by atoms with E-state index in [4.69, 9.17) is 8.83 Å². The first-order valence-electron chi connectivity index (χ1n) is 13.1. The molecule has 0 saturated heterocycles. The molecule has 0 bridgehead atoms. The van der Waals surface area contributed by atoms with Crippen molar-refractivity contribution in [3.8, 4) is 6.07 Å². The van der Waals surface area contributed by atoms with Gasteiger partial charge < -0.3 is 8.83 Å². The van der Waals surface area contributed by atoms with Crippen molar-refractivity contribution in [2.45, 2.75) is 98.3 Å². The Balaban J connectivity index is 1.50. The van der Waals surface area contributed by atoms with Crippen molar-refractivity contribution in [3.05, 3.63) is 45.0 Å². The van der Waals surface area contributed by atoms with Gasteiger partial charge in [0, 0.05) is 5.41 Å². The molecule has 1 aromatic carbocycles. The normalized spacial score (nSPS) is 43.2. The molecule has 0 aliphatic heterocycles. The van der Waals surface area contributed by atoms with Gasteiger partial charge >= 0.3 is 5.82 Å². The van der Waals surface area contributed by atoms with Crippen molar-refractivity contribution in [3.63, 3.8) is 0 Å². The lowest BCUT2D eigenvalue weighted by Gasteiger charge is -2.69. The molecule has 4 aliphatic carbocycles. The summed E-state index contributed by atoms with van der Waals surface area (Å²) in [6.45, 7) is 14.3. The largest absolute Gasteiger partial charge is 0.519 e. The molecule has 4 nitrogen and oxygen atoms in total. The van der Waals surface area contributed by atoms with Crippen LogP contribution in [0, 0.1) is 45.8 Å². The number of nitrogens with zero attached hydrogens (tertiary/aromatic N) is 1. The van der Waals surface area contributed by atoms with Crippen molar-refractivity contribution in [2.75, 3.05) is 0 Å². The highest BCUT2D eigenvalue weighted by molar-refractivity contribution is 5.78. The summed E-state index contributed by atoms with van der Waals surface area (Å²) >= 11 is 0. The van der Waals surface area contributed by atoms with Crippen molar-refractivity contribution in [2.24, 2.45) is 27.6 Å². The molecule has 4 heteroatoms. The van der Waals surface area contributed by atoms with Crippen LogP contribution in [0.3, 0.4) is 0 Å². The predicted molar refractivity (Wildman–Crippen MR) is 132 cm³/mol. The molecule has 3 saturated carbocycles. The van der Waals surface area contributed by atoms with Gasteiger partial charge in [0.25, 0.3) is 0 Å². The molecule has 0 radical (unpaired) electrons. The van der Waals surface area contributed by atoms with E-state index < -0.39 is 5.82 Å². The quantitative estimate of drug-likeness (QED) is 0.386. The van der Waals surface area contributed by atoms with Gasteiger partial charge in [-0.3, -0.25) is 0 Å². The zero-order valence-corrected chi connectivity index (χ0v) is 21.6. The Morgan fingerprint density at radius 3 is 2.47 bits per heavy atom. The van der Waals surface area contributed by atoms with Crippen LogP contribution in [0.1, 0.15) is 96.3 Å². The first kappa shape index (κ1) is 22.2. The van der Waals surface area contributed by atoms with Crippen molar-refractivity contribution < 1.29 is 8.83 Å². The summed E-state index contributed by atoms with van der Waals surface area (Å²) in [4.78, 5) is 11.9. The standard InChI is InChI=1S/C30H37NO3/c1-18-19-7-8-22-28(4,20(19)15-21-24(18)34-25(32)33-21)12-14-30(6)23-16-26(2,17-31)9-10-27(23,3)11-13-29(22,30)5/h8,15,23H,7,9-14,16H2,1-6H3/t23-,26-,27-,28+,29-,30+/m1/s1. The number of aryl methyl sites for hydroxylation is 1. The fourth-order valence-electron chi connectivity index (χ4n) is 9.18. The van der Waals surface area contributed by atoms with Gasteiger partial charge in [0.15, 0.2) is 11.2 Å². The molecule has 180 valence electrons. The van der Waals surface area contributed by atoms with E-state index in [0.717, 1.165) is 37.7 Å². The van der Waals surface area contributed by atoms with Crippen molar-refractivity contribution in [1.82, 2.24) is 0 Å². The Kier molecular flexibility index (Phi) is 4.23. The van der Waals surface area contributed by atoms with Crippen LogP contribution in [0.15, 0.2) is 31.3 Å². The fraction of sp³-hybridized carbons (Fsp3) is 0.667. The van der Waals surface area contributed by atoms with Crippen molar-refractivity contribution in [1.29, 1.82) is 5.26 Å². The maximum atomic E-state index is 11.9. The van der Waals surface area contributed by atoms with Crippen LogP contribution in [-0.2, 0) is 11.8 Å². The molecule has 6 rings (SSSR count). The third-order valence-electron chi connectivity index (χ3n) is 11.7. The Morgan fingerprint density at radius 2 is 1.74 bits per heavy atom. The minimum atomic E-state index is -0.619. The van der Waals surface area contributed by atoms with E-state index in [-0.39, 0.29) is 21.7 Å². The van der Waals surface area contributed by atoms with E-state index in [2.05, 4.69) is 59.8 Å². The minimum absolute atomic E-state index is 0.0719. The smallest absolute Gasteiger partial charge is 0.391 e. The number of benzene rings is 1. The molecule has 3 fully saturated rings. The maximum Gasteiger partial charge on any atom is 0.519 e. The number of nitriles is 1. The van der Waals surface area contributed by atoms with Gasteiger partial charge in [-0.1, -0.05) is 39.3 Å². The van der Waals surface area contributed by atoms with Gasteiger partial charge in [0.1, 0.15) is 0 Å². The molecular formula is C30H37NO3. The number of hydrogen-bond donors (Lipinski definition) is 0. The summed E-state index contributed by atoms with van der Waals surface area (Å²) in [5, 5.41) is 10.0. The summed E-state index contributed by atoms with van der Waals surface area (Å²) in [6, 6.07) is 4.80. The highest BCUT2D eigenvalue weighted by Gasteiger charge is 2.66. The minimum Gasteiger partial charge on any atom is -0.391 e. The predicted octanol–water partition coefficient (Wildman–Crippen LogP) is 7.37. The van der Waals surface area contributed by atoms with E-state index in [1.165, 1.54) is 30.4 Å². The summed E-state index contributed by atoms with van der Waals surface area (Å²) in [5.41, 5.74) is 6.73. The van der Waals surface area contributed by atoms with Gasteiger partial charge in [0.2, 0.25) is 0 Å². The first-order valence-corrected chi connectivity index (χ1v) is 13.1. The molecule has 2 aromatic rings. The van der Waals surface area contributed by atoms with Gasteiger partial charge in [-0.05, 0) is 110 Å². The highest BCUT2D eigenvalue weighted by Crippen LogP contribution is 2.74. The van der Waals surface area contributed by atoms with Crippen LogP contribution in [-0.4, -0.2) is 0 Å². The summed E-state index contributed by atoms with van der Waals surface area (Å²) in [5.74, 6) is -0.0634. The molecule has 1 aromatic heterocycles. The molecule has 0 spiro atoms. The third kappa shape index (κ3) is 2.52. The maximum absolute atomic E-state index is 11.9. The van der Waals surface area contributed by atoms with Gasteiger partial charge in [-0.15, -0.1) is 0 Å². The monoisotopic (exact) mass is 459 g/mol. The Morgan fingerprint density at radius 1 is 1.00 bits per heavy atom. The third-order valence-corrected chi connectivity index (χ3v) is 11.7. The Hall–Kier alpha value is -2.28. The van der Waals surface area contributed by atoms with Crippen LogP contribution in [0.4, 0.5) is 0 Å². The molecule has 0 amide bonds. The molecule has 6 atom stereocenters. The van der Waals surface area contributed by atoms with Gasteiger partial charge in [-0.25, -0.2) is 4.79 Å². The summed E-state index contributed by atoms with van der Waals surface area (Å²) in [7, 11) is 0. The Labute approximate surface area is 202 Å². The second-order valence-corrected chi connectivity index (χ2v) is 13.3. The first-order chi connectivity index (χ1) is 15.9. The lowest BCUT2D eigenvalue weighted by atomic mass is 9.34. The zero-order valence-electron chi connectivity index (χ0n) is 21.6. The number of fused-ring (bicyclic) bond motifs is 8. The zero-order chi connectivity index (χ0) is 24.3. The molecule has 4 aliphatic rings. The lowest BCUT2D eigenvalue weighted by molar-refractivity contribution is -0.152. The lowest BCUT2D eigenvalue weighted by Crippen LogP contribution is -2.62. The van der Waals surface area contributed by atoms with Crippen LogP contribution in [0.25, 0.3) is 11.2 Å². The summed E-state index contributed by atoms with van der Waals surface area (Å²) in [6.07, 6.45) is 11.3. The second kappa shape index (κ2) is 6.48. The van der Waals surface area contributed by atoms with Gasteiger partial charge in [0.05, 0.1) is 11.5 Å². The molecule has 0 unspecified atom stereocenters. The molecule has 1 heterocycles. The summed E-state index contributed by atoms with van der Waals surface area (Å²) < 4.78 is 10.8. The van der Waals surface area contributed by atoms with Crippen LogP contribution < -0.4 is 5.82 Å². The molecule has 0 N–H and O–H groups in total. The van der Waals surface area contributed by atoms with Crippen molar-refractivity contribution >= 4 is 11.2 Å². The molecular weight excluding hydrogens is 422 g/mol. The number of allylic oxidation sites excluding steroid dienone is 2. The highest BCUT2D eigenvalue weighted by atomic mass is 16.6. The number of hydrogen-bond acceptors (Lipinski definition) is 4. The number of rotatable bonds is 0. The van der Waals surface area contributed by atoms with Crippen LogP contribution in [0.2, 0.25) is 0 Å². The Bertz CT molecular complexity index is 1360. The average molecular weight is 460 g/mol. The van der Waals surface area contributed by atoms with Gasteiger partial charge in [-0.2, -0.15) is 5.26 Å². The topological polar surface area (TPSA) is 67.1 Å². The average Bonchev–Trinajstić information content (AvgIpc) is 3.18. The van der Waals surface area contributed by atoms with Crippen LogP contribution >= 0.6 is 0 Å². The van der Waals surface area contributed by atoms with Crippen LogP contribution in [0.5, 0.6) is 0 Å².